The van der Waals surface area contributed by atoms with Crippen molar-refractivity contribution < 1.29 is 9.90 Å². The molecule has 3 heteroatoms. The van der Waals surface area contributed by atoms with Gasteiger partial charge >= 0.3 is 5.97 Å². The standard InChI is InChI=1S/C13H17NO2/c1-2-11(13(15)16)14-12-8-10(12)9-6-4-3-5-7-9/h3-7,10-12,14H,2,8H2,1H3,(H,15,16). The smallest absolute Gasteiger partial charge is 0.320 e. The molecule has 0 radical (unpaired) electrons. The van der Waals surface area contributed by atoms with Gasteiger partial charge in [0.1, 0.15) is 6.04 Å². The monoisotopic (exact) mass is 219 g/mol. The van der Waals surface area contributed by atoms with Crippen LogP contribution in [0.1, 0.15) is 31.2 Å². The fourth-order valence-electron chi connectivity index (χ4n) is 2.07. The van der Waals surface area contributed by atoms with Crippen LogP contribution in [0.15, 0.2) is 30.3 Å². The topological polar surface area (TPSA) is 49.3 Å². The van der Waals surface area contributed by atoms with Crippen molar-refractivity contribution >= 4 is 5.97 Å². The number of aliphatic carboxylic acids is 1. The van der Waals surface area contributed by atoms with Crippen LogP contribution in [-0.2, 0) is 4.79 Å². The van der Waals surface area contributed by atoms with Crippen LogP contribution in [0, 0.1) is 0 Å². The lowest BCUT2D eigenvalue weighted by Gasteiger charge is -2.11. The molecular formula is C13H17NO2. The van der Waals surface area contributed by atoms with E-state index < -0.39 is 12.0 Å². The van der Waals surface area contributed by atoms with Crippen LogP contribution in [0.25, 0.3) is 0 Å². The maximum atomic E-state index is 10.9. The van der Waals surface area contributed by atoms with Gasteiger partial charge in [-0.25, -0.2) is 0 Å². The SMILES string of the molecule is CCC(NC1CC1c1ccccc1)C(=O)O. The Morgan fingerprint density at radius 3 is 2.75 bits per heavy atom. The first-order valence-electron chi connectivity index (χ1n) is 5.76. The number of nitrogens with one attached hydrogen (secondary N) is 1. The molecule has 0 saturated heterocycles. The lowest BCUT2D eigenvalue weighted by Crippen LogP contribution is -2.37. The zero-order chi connectivity index (χ0) is 11.5. The van der Waals surface area contributed by atoms with E-state index >= 15 is 0 Å². The Morgan fingerprint density at radius 1 is 1.50 bits per heavy atom. The number of benzene rings is 1. The Hall–Kier alpha value is -1.35. The molecule has 0 aliphatic heterocycles. The van der Waals surface area contributed by atoms with Crippen LogP contribution in [0.2, 0.25) is 0 Å². The van der Waals surface area contributed by atoms with Gasteiger partial charge in [-0.15, -0.1) is 0 Å². The molecule has 2 N–H and O–H groups in total. The van der Waals surface area contributed by atoms with E-state index in [0.29, 0.717) is 18.4 Å². The predicted octanol–water partition coefficient (Wildman–Crippen LogP) is 2.00. The summed E-state index contributed by atoms with van der Waals surface area (Å²) in [4.78, 5) is 10.9. The molecule has 3 nitrogen and oxygen atoms in total. The fraction of sp³-hybridized carbons (Fsp3) is 0.462. The van der Waals surface area contributed by atoms with Crippen LogP contribution < -0.4 is 5.32 Å². The number of rotatable bonds is 5. The molecule has 16 heavy (non-hydrogen) atoms. The Kier molecular flexibility index (Phi) is 3.25. The summed E-state index contributed by atoms with van der Waals surface area (Å²) in [5.74, 6) is -0.254. The van der Waals surface area contributed by atoms with Crippen LogP contribution in [0.4, 0.5) is 0 Å². The molecule has 0 amide bonds. The summed E-state index contributed by atoms with van der Waals surface area (Å²) in [6.07, 6.45) is 1.68. The van der Waals surface area contributed by atoms with Crippen molar-refractivity contribution in [3.8, 4) is 0 Å². The molecule has 0 spiro atoms. The third kappa shape index (κ3) is 2.42. The van der Waals surface area contributed by atoms with E-state index in [-0.39, 0.29) is 0 Å². The summed E-state index contributed by atoms with van der Waals surface area (Å²) in [6.45, 7) is 1.89. The molecule has 1 fully saturated rings. The Morgan fingerprint density at radius 2 is 2.19 bits per heavy atom. The zero-order valence-electron chi connectivity index (χ0n) is 9.39. The first kappa shape index (κ1) is 11.1. The quantitative estimate of drug-likeness (QED) is 0.796. The third-order valence-electron chi connectivity index (χ3n) is 3.14. The first-order chi connectivity index (χ1) is 7.72. The van der Waals surface area contributed by atoms with Crippen molar-refractivity contribution in [1.29, 1.82) is 0 Å². The summed E-state index contributed by atoms with van der Waals surface area (Å²) < 4.78 is 0. The van der Waals surface area contributed by atoms with Crippen LogP contribution >= 0.6 is 0 Å². The van der Waals surface area contributed by atoms with Gasteiger partial charge in [-0.05, 0) is 18.4 Å². The van der Waals surface area contributed by atoms with Crippen LogP contribution in [0.5, 0.6) is 0 Å². The number of carbonyl (C=O) groups is 1. The molecule has 0 bridgehead atoms. The molecule has 1 aromatic rings. The highest BCUT2D eigenvalue weighted by atomic mass is 16.4. The van der Waals surface area contributed by atoms with E-state index in [1.54, 1.807) is 0 Å². The van der Waals surface area contributed by atoms with Gasteiger partial charge in [-0.1, -0.05) is 37.3 Å². The van der Waals surface area contributed by atoms with E-state index in [1.165, 1.54) is 5.56 Å². The minimum atomic E-state index is -0.749. The molecule has 86 valence electrons. The van der Waals surface area contributed by atoms with E-state index in [0.717, 1.165) is 6.42 Å². The average Bonchev–Trinajstić information content (AvgIpc) is 3.06. The van der Waals surface area contributed by atoms with E-state index in [1.807, 2.05) is 25.1 Å². The molecule has 3 unspecified atom stereocenters. The van der Waals surface area contributed by atoms with Crippen molar-refractivity contribution in [2.75, 3.05) is 0 Å². The van der Waals surface area contributed by atoms with Gasteiger partial charge < -0.3 is 10.4 Å². The number of carboxylic acid groups (broad SMARTS) is 1. The maximum absolute atomic E-state index is 10.9. The lowest BCUT2D eigenvalue weighted by molar-refractivity contribution is -0.139. The third-order valence-corrected chi connectivity index (χ3v) is 3.14. The Balaban J connectivity index is 1.90. The van der Waals surface area contributed by atoms with Crippen molar-refractivity contribution in [2.24, 2.45) is 0 Å². The van der Waals surface area contributed by atoms with Crippen molar-refractivity contribution in [3.05, 3.63) is 35.9 Å². The van der Waals surface area contributed by atoms with E-state index in [2.05, 4.69) is 17.4 Å². The number of hydrogen-bond donors (Lipinski definition) is 2. The zero-order valence-corrected chi connectivity index (χ0v) is 9.39. The molecule has 1 saturated carbocycles. The summed E-state index contributed by atoms with van der Waals surface area (Å²) in [7, 11) is 0. The van der Waals surface area contributed by atoms with Gasteiger partial charge in [-0.3, -0.25) is 4.79 Å². The number of carboxylic acids is 1. The van der Waals surface area contributed by atoms with E-state index in [4.69, 9.17) is 5.11 Å². The molecule has 2 rings (SSSR count). The molecule has 1 aliphatic carbocycles. The number of hydrogen-bond acceptors (Lipinski definition) is 2. The van der Waals surface area contributed by atoms with Crippen LogP contribution in [0.3, 0.4) is 0 Å². The van der Waals surface area contributed by atoms with Gasteiger partial charge in [-0.2, -0.15) is 0 Å². The second-order valence-electron chi connectivity index (χ2n) is 4.33. The van der Waals surface area contributed by atoms with E-state index in [9.17, 15) is 4.79 Å². The second kappa shape index (κ2) is 4.66. The molecule has 0 heterocycles. The van der Waals surface area contributed by atoms with Crippen LogP contribution in [-0.4, -0.2) is 23.2 Å². The molecule has 0 aromatic heterocycles. The summed E-state index contributed by atoms with van der Waals surface area (Å²) in [5, 5.41) is 12.1. The largest absolute Gasteiger partial charge is 0.480 e. The van der Waals surface area contributed by atoms with Crippen molar-refractivity contribution in [1.82, 2.24) is 5.32 Å². The molecule has 3 atom stereocenters. The van der Waals surface area contributed by atoms with Gasteiger partial charge in [0, 0.05) is 12.0 Å². The minimum absolute atomic E-state index is 0.337. The fourth-order valence-corrected chi connectivity index (χ4v) is 2.07. The van der Waals surface area contributed by atoms with Crippen molar-refractivity contribution in [2.45, 2.75) is 37.8 Å². The molecule has 1 aromatic carbocycles. The highest BCUT2D eigenvalue weighted by Gasteiger charge is 2.40. The lowest BCUT2D eigenvalue weighted by atomic mass is 10.1. The highest BCUT2D eigenvalue weighted by Crippen LogP contribution is 2.40. The summed E-state index contributed by atoms with van der Waals surface area (Å²) in [6, 6.07) is 10.2. The van der Waals surface area contributed by atoms with Gasteiger partial charge in [0.2, 0.25) is 0 Å². The Bertz CT molecular complexity index is 363. The second-order valence-corrected chi connectivity index (χ2v) is 4.33. The van der Waals surface area contributed by atoms with Gasteiger partial charge in [0.05, 0.1) is 0 Å². The normalized spacial score (nSPS) is 25.1. The van der Waals surface area contributed by atoms with Gasteiger partial charge in [0.25, 0.3) is 0 Å². The predicted molar refractivity (Wildman–Crippen MR) is 62.4 cm³/mol. The summed E-state index contributed by atoms with van der Waals surface area (Å²) >= 11 is 0. The van der Waals surface area contributed by atoms with Gasteiger partial charge in [0.15, 0.2) is 0 Å². The minimum Gasteiger partial charge on any atom is -0.480 e. The molecule has 1 aliphatic rings. The average molecular weight is 219 g/mol. The first-order valence-corrected chi connectivity index (χ1v) is 5.76. The highest BCUT2D eigenvalue weighted by molar-refractivity contribution is 5.73. The van der Waals surface area contributed by atoms with Crippen molar-refractivity contribution in [3.63, 3.8) is 0 Å². The Labute approximate surface area is 95.5 Å². The molecular weight excluding hydrogens is 202 g/mol. The summed E-state index contributed by atoms with van der Waals surface area (Å²) in [5.41, 5.74) is 1.31. The maximum Gasteiger partial charge on any atom is 0.320 e.